The molecule has 0 spiro atoms. The lowest BCUT2D eigenvalue weighted by Crippen LogP contribution is -2.39. The number of hydrogen-bond acceptors (Lipinski definition) is 3. The Bertz CT molecular complexity index is 480. The van der Waals surface area contributed by atoms with E-state index in [0.717, 1.165) is 5.57 Å². The quantitative estimate of drug-likeness (QED) is 0.505. The van der Waals surface area contributed by atoms with E-state index in [1.807, 2.05) is 6.92 Å². The average molecular weight is 296 g/mol. The molecule has 0 radical (unpaired) electrons. The van der Waals surface area contributed by atoms with Crippen LogP contribution in [0.3, 0.4) is 0 Å². The Kier molecular flexibility index (Phi) is 7.42. The minimum Gasteiger partial charge on any atom is -0.386 e. The van der Waals surface area contributed by atoms with E-state index in [1.165, 1.54) is 18.2 Å². The predicted octanol–water partition coefficient (Wildman–Crippen LogP) is 1.75. The summed E-state index contributed by atoms with van der Waals surface area (Å²) in [6.07, 6.45) is -1.09. The van der Waals surface area contributed by atoms with E-state index < -0.39 is 18.0 Å². The lowest BCUT2D eigenvalue weighted by molar-refractivity contribution is 0.155. The predicted molar refractivity (Wildman–Crippen MR) is 78.4 cm³/mol. The number of carbonyl (C=O) groups is 1. The number of carbonyl (C=O) groups excluding carboxylic acids is 1. The summed E-state index contributed by atoms with van der Waals surface area (Å²) in [7, 11) is 0. The molecule has 0 aliphatic rings. The van der Waals surface area contributed by atoms with E-state index >= 15 is 0 Å². The highest BCUT2D eigenvalue weighted by Crippen LogP contribution is 2.15. The Morgan fingerprint density at radius 3 is 2.81 bits per heavy atom. The zero-order valence-electron chi connectivity index (χ0n) is 12.1. The topological polar surface area (TPSA) is 70.6 Å². The van der Waals surface area contributed by atoms with Crippen molar-refractivity contribution in [3.8, 4) is 0 Å². The molecule has 2 amide bonds. The molecule has 6 heteroatoms. The molecule has 0 fully saturated rings. The molecule has 1 aromatic rings. The zero-order chi connectivity index (χ0) is 15.7. The number of aliphatic hydroxyl groups is 1. The van der Waals surface area contributed by atoms with Crippen molar-refractivity contribution >= 4 is 6.03 Å². The first-order chi connectivity index (χ1) is 10.0. The smallest absolute Gasteiger partial charge is 0.314 e. The highest BCUT2D eigenvalue weighted by atomic mass is 19.1. The highest BCUT2D eigenvalue weighted by molar-refractivity contribution is 5.73. The monoisotopic (exact) mass is 296 g/mol. The standard InChI is InChI=1S/C15H21FN2O3/c1-11(2)10-21-8-7-17-15(20)18-9-14(19)12-5-3-4-6-13(12)16/h3-6,14,19H,1,7-10H2,2H3,(H2,17,18,20). The first-order valence-electron chi connectivity index (χ1n) is 6.67. The normalized spacial score (nSPS) is 11.8. The van der Waals surface area contributed by atoms with Crippen molar-refractivity contribution in [1.29, 1.82) is 0 Å². The lowest BCUT2D eigenvalue weighted by atomic mass is 10.1. The molecule has 5 nitrogen and oxygen atoms in total. The number of nitrogens with one attached hydrogen (secondary N) is 2. The van der Waals surface area contributed by atoms with Crippen LogP contribution in [0.5, 0.6) is 0 Å². The SMILES string of the molecule is C=C(C)COCCNC(=O)NCC(O)c1ccccc1F. The molecule has 0 bridgehead atoms. The molecule has 0 aliphatic carbocycles. The first kappa shape index (κ1) is 17.1. The third kappa shape index (κ3) is 6.87. The van der Waals surface area contributed by atoms with E-state index in [9.17, 15) is 14.3 Å². The van der Waals surface area contributed by atoms with Gasteiger partial charge in [0.2, 0.25) is 0 Å². The van der Waals surface area contributed by atoms with E-state index in [-0.39, 0.29) is 12.1 Å². The molecule has 21 heavy (non-hydrogen) atoms. The molecule has 116 valence electrons. The summed E-state index contributed by atoms with van der Waals surface area (Å²) in [6, 6.07) is 5.46. The second-order valence-corrected chi connectivity index (χ2v) is 4.68. The number of ether oxygens (including phenoxy) is 1. The Morgan fingerprint density at radius 2 is 2.14 bits per heavy atom. The summed E-state index contributed by atoms with van der Waals surface area (Å²) in [4.78, 5) is 11.5. The minimum atomic E-state index is -1.09. The number of rotatable bonds is 8. The van der Waals surface area contributed by atoms with Crippen molar-refractivity contribution in [2.75, 3.05) is 26.3 Å². The molecule has 0 saturated carbocycles. The van der Waals surface area contributed by atoms with E-state index in [2.05, 4.69) is 17.2 Å². The van der Waals surface area contributed by atoms with Gasteiger partial charge in [0, 0.05) is 18.7 Å². The summed E-state index contributed by atoms with van der Waals surface area (Å²) in [5.74, 6) is -0.500. The number of hydrogen-bond donors (Lipinski definition) is 3. The van der Waals surface area contributed by atoms with Crippen LogP contribution in [0.25, 0.3) is 0 Å². The van der Waals surface area contributed by atoms with Crippen LogP contribution in [0.4, 0.5) is 9.18 Å². The number of urea groups is 1. The molecule has 1 aromatic carbocycles. The minimum absolute atomic E-state index is 0.0700. The van der Waals surface area contributed by atoms with Crippen LogP contribution in [0.2, 0.25) is 0 Å². The first-order valence-corrected chi connectivity index (χ1v) is 6.67. The van der Waals surface area contributed by atoms with Crippen molar-refractivity contribution < 1.29 is 19.0 Å². The van der Waals surface area contributed by atoms with Gasteiger partial charge in [0.25, 0.3) is 0 Å². The van der Waals surface area contributed by atoms with Crippen molar-refractivity contribution in [2.45, 2.75) is 13.0 Å². The average Bonchev–Trinajstić information content (AvgIpc) is 2.44. The molecule has 0 heterocycles. The summed E-state index contributed by atoms with van der Waals surface area (Å²) < 4.78 is 18.6. The van der Waals surface area contributed by atoms with Gasteiger partial charge in [-0.25, -0.2) is 9.18 Å². The molecule has 1 rings (SSSR count). The van der Waals surface area contributed by atoms with Gasteiger partial charge in [-0.05, 0) is 13.0 Å². The van der Waals surface area contributed by atoms with Crippen LogP contribution < -0.4 is 10.6 Å². The molecular weight excluding hydrogens is 275 g/mol. The largest absolute Gasteiger partial charge is 0.386 e. The summed E-state index contributed by atoms with van der Waals surface area (Å²) in [6.45, 7) is 6.64. The fraction of sp³-hybridized carbons (Fsp3) is 0.400. The summed E-state index contributed by atoms with van der Waals surface area (Å²) >= 11 is 0. The Balaban J connectivity index is 2.21. The summed E-state index contributed by atoms with van der Waals surface area (Å²) in [5.41, 5.74) is 1.06. The lowest BCUT2D eigenvalue weighted by Gasteiger charge is -2.13. The van der Waals surface area contributed by atoms with Gasteiger partial charge in [-0.15, -0.1) is 0 Å². The van der Waals surface area contributed by atoms with Crippen LogP contribution in [-0.2, 0) is 4.74 Å². The third-order valence-corrected chi connectivity index (χ3v) is 2.60. The van der Waals surface area contributed by atoms with Gasteiger partial charge in [-0.2, -0.15) is 0 Å². The maximum atomic E-state index is 13.4. The van der Waals surface area contributed by atoms with Crippen LogP contribution in [0.15, 0.2) is 36.4 Å². The van der Waals surface area contributed by atoms with Gasteiger partial charge in [0.15, 0.2) is 0 Å². The van der Waals surface area contributed by atoms with Crippen molar-refractivity contribution in [3.05, 3.63) is 47.8 Å². The van der Waals surface area contributed by atoms with Gasteiger partial charge in [-0.1, -0.05) is 30.4 Å². The van der Waals surface area contributed by atoms with Crippen molar-refractivity contribution in [2.24, 2.45) is 0 Å². The maximum absolute atomic E-state index is 13.4. The third-order valence-electron chi connectivity index (χ3n) is 2.60. The zero-order valence-corrected chi connectivity index (χ0v) is 12.1. The maximum Gasteiger partial charge on any atom is 0.314 e. The number of halogens is 1. The van der Waals surface area contributed by atoms with Crippen molar-refractivity contribution in [1.82, 2.24) is 10.6 Å². The molecular formula is C15H21FN2O3. The second-order valence-electron chi connectivity index (χ2n) is 4.68. The number of benzene rings is 1. The van der Waals surface area contributed by atoms with E-state index in [0.29, 0.717) is 19.8 Å². The van der Waals surface area contributed by atoms with Crippen LogP contribution in [-0.4, -0.2) is 37.4 Å². The fourth-order valence-corrected chi connectivity index (χ4v) is 1.59. The van der Waals surface area contributed by atoms with Gasteiger partial charge in [0.1, 0.15) is 5.82 Å². The van der Waals surface area contributed by atoms with Crippen LogP contribution in [0, 0.1) is 5.82 Å². The molecule has 1 atom stereocenters. The van der Waals surface area contributed by atoms with Gasteiger partial charge in [0.05, 0.1) is 19.3 Å². The fourth-order valence-electron chi connectivity index (χ4n) is 1.59. The van der Waals surface area contributed by atoms with Crippen molar-refractivity contribution in [3.63, 3.8) is 0 Å². The molecule has 0 aromatic heterocycles. The van der Waals surface area contributed by atoms with Gasteiger partial charge in [-0.3, -0.25) is 0 Å². The second kappa shape index (κ2) is 9.10. The molecule has 3 N–H and O–H groups in total. The van der Waals surface area contributed by atoms with E-state index in [1.54, 1.807) is 6.07 Å². The summed E-state index contributed by atoms with van der Waals surface area (Å²) in [5, 5.41) is 14.8. The Morgan fingerprint density at radius 1 is 1.43 bits per heavy atom. The van der Waals surface area contributed by atoms with Crippen LogP contribution in [0.1, 0.15) is 18.6 Å². The number of amides is 2. The highest BCUT2D eigenvalue weighted by Gasteiger charge is 2.12. The Labute approximate surface area is 123 Å². The molecule has 0 saturated heterocycles. The van der Waals surface area contributed by atoms with E-state index in [4.69, 9.17) is 4.74 Å². The van der Waals surface area contributed by atoms with Gasteiger partial charge >= 0.3 is 6.03 Å². The van der Waals surface area contributed by atoms with Crippen LogP contribution >= 0.6 is 0 Å². The molecule has 1 unspecified atom stereocenters. The number of aliphatic hydroxyl groups excluding tert-OH is 1. The molecule has 0 aliphatic heterocycles. The van der Waals surface area contributed by atoms with Gasteiger partial charge < -0.3 is 20.5 Å². The Hall–Kier alpha value is -1.92.